The van der Waals surface area contributed by atoms with Gasteiger partial charge in [-0.3, -0.25) is 0 Å². The minimum absolute atomic E-state index is 0.0509. The lowest BCUT2D eigenvalue weighted by Gasteiger charge is -2.13. The van der Waals surface area contributed by atoms with E-state index in [1.54, 1.807) is 0 Å². The Balaban J connectivity index is 2.30. The van der Waals surface area contributed by atoms with Crippen molar-refractivity contribution in [2.45, 2.75) is 12.6 Å². The van der Waals surface area contributed by atoms with Crippen LogP contribution in [0.15, 0.2) is 54.6 Å². The van der Waals surface area contributed by atoms with Crippen LogP contribution < -0.4 is 5.73 Å². The molecule has 0 aromatic heterocycles. The molecule has 0 saturated heterocycles. The second-order valence-electron chi connectivity index (χ2n) is 3.79. The second-order valence-corrected chi connectivity index (χ2v) is 3.79. The largest absolute Gasteiger partial charge is 0.392 e. The fourth-order valence-electron chi connectivity index (χ4n) is 1.74. The minimum Gasteiger partial charge on any atom is -0.392 e. The molecule has 2 heteroatoms. The van der Waals surface area contributed by atoms with Crippen LogP contribution in [-0.2, 0) is 6.61 Å². The first-order valence-corrected chi connectivity index (χ1v) is 5.31. The molecule has 0 saturated carbocycles. The van der Waals surface area contributed by atoms with Gasteiger partial charge in [0, 0.05) is 0 Å². The van der Waals surface area contributed by atoms with E-state index in [9.17, 15) is 0 Å². The summed E-state index contributed by atoms with van der Waals surface area (Å²) in [5.41, 5.74) is 9.16. The van der Waals surface area contributed by atoms with Gasteiger partial charge < -0.3 is 10.8 Å². The van der Waals surface area contributed by atoms with Crippen molar-refractivity contribution < 1.29 is 5.11 Å². The van der Waals surface area contributed by atoms with Crippen molar-refractivity contribution in [3.8, 4) is 0 Å². The maximum Gasteiger partial charge on any atom is 0.0681 e. The third-order valence-electron chi connectivity index (χ3n) is 2.65. The lowest BCUT2D eigenvalue weighted by Crippen LogP contribution is -2.11. The van der Waals surface area contributed by atoms with E-state index in [2.05, 4.69) is 0 Å². The van der Waals surface area contributed by atoms with Crippen LogP contribution in [-0.4, -0.2) is 5.11 Å². The topological polar surface area (TPSA) is 46.2 Å². The smallest absolute Gasteiger partial charge is 0.0681 e. The molecule has 16 heavy (non-hydrogen) atoms. The van der Waals surface area contributed by atoms with E-state index in [1.807, 2.05) is 54.6 Å². The Kier molecular flexibility index (Phi) is 3.34. The number of hydrogen-bond donors (Lipinski definition) is 2. The molecule has 2 aromatic rings. The summed E-state index contributed by atoms with van der Waals surface area (Å²) in [6.07, 6.45) is 0. The molecule has 0 heterocycles. The fraction of sp³-hybridized carbons (Fsp3) is 0.143. The molecule has 0 bridgehead atoms. The van der Waals surface area contributed by atoms with Crippen molar-refractivity contribution in [2.75, 3.05) is 0 Å². The lowest BCUT2D eigenvalue weighted by molar-refractivity contribution is 0.281. The molecule has 0 aliphatic rings. The molecule has 0 spiro atoms. The Morgan fingerprint density at radius 1 is 0.938 bits per heavy atom. The summed E-state index contributed by atoms with van der Waals surface area (Å²) in [7, 11) is 0. The highest BCUT2D eigenvalue weighted by atomic mass is 16.3. The first kappa shape index (κ1) is 10.9. The van der Waals surface area contributed by atoms with Gasteiger partial charge in [0.1, 0.15) is 0 Å². The monoisotopic (exact) mass is 213 g/mol. The van der Waals surface area contributed by atoms with Crippen LogP contribution in [0.3, 0.4) is 0 Å². The van der Waals surface area contributed by atoms with E-state index in [0.29, 0.717) is 0 Å². The SMILES string of the molecule is NC(c1ccccc1)c1cccc(CO)c1. The molecule has 0 aliphatic heterocycles. The van der Waals surface area contributed by atoms with Gasteiger partial charge in [-0.1, -0.05) is 54.6 Å². The Morgan fingerprint density at radius 2 is 1.62 bits per heavy atom. The molecule has 0 aliphatic carbocycles. The summed E-state index contributed by atoms with van der Waals surface area (Å²) in [6, 6.07) is 17.6. The zero-order valence-electron chi connectivity index (χ0n) is 9.01. The minimum atomic E-state index is -0.132. The molecule has 2 rings (SSSR count). The zero-order chi connectivity index (χ0) is 11.4. The molecule has 0 amide bonds. The van der Waals surface area contributed by atoms with Crippen LogP contribution in [0.5, 0.6) is 0 Å². The van der Waals surface area contributed by atoms with Crippen LogP contribution in [0.4, 0.5) is 0 Å². The summed E-state index contributed by atoms with van der Waals surface area (Å²) in [5.74, 6) is 0. The van der Waals surface area contributed by atoms with E-state index < -0.39 is 0 Å². The van der Waals surface area contributed by atoms with Crippen molar-refractivity contribution >= 4 is 0 Å². The molecule has 82 valence electrons. The second kappa shape index (κ2) is 4.92. The van der Waals surface area contributed by atoms with E-state index in [1.165, 1.54) is 0 Å². The van der Waals surface area contributed by atoms with E-state index in [4.69, 9.17) is 10.8 Å². The number of benzene rings is 2. The average molecular weight is 213 g/mol. The maximum absolute atomic E-state index is 9.07. The predicted molar refractivity (Wildman–Crippen MR) is 64.8 cm³/mol. The van der Waals surface area contributed by atoms with Crippen molar-refractivity contribution in [1.29, 1.82) is 0 Å². The normalized spacial score (nSPS) is 12.4. The summed E-state index contributed by atoms with van der Waals surface area (Å²) in [5, 5.41) is 9.07. The molecule has 0 radical (unpaired) electrons. The highest BCUT2D eigenvalue weighted by molar-refractivity contribution is 5.33. The van der Waals surface area contributed by atoms with Gasteiger partial charge >= 0.3 is 0 Å². The zero-order valence-corrected chi connectivity index (χ0v) is 9.01. The quantitative estimate of drug-likeness (QED) is 0.821. The van der Waals surface area contributed by atoms with E-state index in [-0.39, 0.29) is 12.6 Å². The predicted octanol–water partition coefficient (Wildman–Crippen LogP) is 2.23. The number of aliphatic hydroxyl groups is 1. The van der Waals surface area contributed by atoms with Gasteiger partial charge in [-0.05, 0) is 16.7 Å². The molecule has 2 aromatic carbocycles. The summed E-state index contributed by atoms with van der Waals surface area (Å²) >= 11 is 0. The Morgan fingerprint density at radius 3 is 2.31 bits per heavy atom. The van der Waals surface area contributed by atoms with Gasteiger partial charge in [-0.25, -0.2) is 0 Å². The highest BCUT2D eigenvalue weighted by Gasteiger charge is 2.08. The van der Waals surface area contributed by atoms with Gasteiger partial charge in [-0.15, -0.1) is 0 Å². The third kappa shape index (κ3) is 2.30. The van der Waals surface area contributed by atoms with Crippen LogP contribution >= 0.6 is 0 Å². The molecule has 0 fully saturated rings. The Bertz CT molecular complexity index is 453. The van der Waals surface area contributed by atoms with Crippen molar-refractivity contribution in [1.82, 2.24) is 0 Å². The highest BCUT2D eigenvalue weighted by Crippen LogP contribution is 2.20. The van der Waals surface area contributed by atoms with Gasteiger partial charge in [0.15, 0.2) is 0 Å². The summed E-state index contributed by atoms with van der Waals surface area (Å²) < 4.78 is 0. The molecular weight excluding hydrogens is 198 g/mol. The number of nitrogens with two attached hydrogens (primary N) is 1. The molecular formula is C14H15NO. The fourth-order valence-corrected chi connectivity index (χ4v) is 1.74. The maximum atomic E-state index is 9.07. The standard InChI is InChI=1S/C14H15NO/c15-14(12-6-2-1-3-7-12)13-8-4-5-11(9-13)10-16/h1-9,14,16H,10,15H2. The summed E-state index contributed by atoms with van der Waals surface area (Å²) in [6.45, 7) is 0.0509. The van der Waals surface area contributed by atoms with E-state index >= 15 is 0 Å². The van der Waals surface area contributed by atoms with Crippen LogP contribution in [0, 0.1) is 0 Å². The van der Waals surface area contributed by atoms with Gasteiger partial charge in [0.05, 0.1) is 12.6 Å². The first-order valence-electron chi connectivity index (χ1n) is 5.31. The van der Waals surface area contributed by atoms with Gasteiger partial charge in [0.2, 0.25) is 0 Å². The number of hydrogen-bond acceptors (Lipinski definition) is 2. The van der Waals surface area contributed by atoms with Crippen molar-refractivity contribution in [3.05, 3.63) is 71.3 Å². The van der Waals surface area contributed by atoms with E-state index in [0.717, 1.165) is 16.7 Å². The van der Waals surface area contributed by atoms with Crippen LogP contribution in [0.25, 0.3) is 0 Å². The Labute approximate surface area is 95.4 Å². The molecule has 1 unspecified atom stereocenters. The number of aliphatic hydroxyl groups excluding tert-OH is 1. The average Bonchev–Trinajstić information content (AvgIpc) is 2.39. The lowest BCUT2D eigenvalue weighted by atomic mass is 9.98. The van der Waals surface area contributed by atoms with Crippen molar-refractivity contribution in [2.24, 2.45) is 5.73 Å². The summed E-state index contributed by atoms with van der Waals surface area (Å²) in [4.78, 5) is 0. The molecule has 2 nitrogen and oxygen atoms in total. The van der Waals surface area contributed by atoms with Crippen molar-refractivity contribution in [3.63, 3.8) is 0 Å². The van der Waals surface area contributed by atoms with Gasteiger partial charge in [-0.2, -0.15) is 0 Å². The first-order chi connectivity index (χ1) is 7.81. The van der Waals surface area contributed by atoms with Gasteiger partial charge in [0.25, 0.3) is 0 Å². The number of rotatable bonds is 3. The Hall–Kier alpha value is -1.64. The van der Waals surface area contributed by atoms with Crippen LogP contribution in [0.2, 0.25) is 0 Å². The molecule has 1 atom stereocenters. The molecule has 3 N–H and O–H groups in total. The van der Waals surface area contributed by atoms with Crippen LogP contribution in [0.1, 0.15) is 22.7 Å². The third-order valence-corrected chi connectivity index (χ3v) is 2.65.